The minimum Gasteiger partial charge on any atom is -0.310 e. The molecular weight excluding hydrogens is 567 g/mol. The molecule has 47 heavy (non-hydrogen) atoms. The van der Waals surface area contributed by atoms with Crippen molar-refractivity contribution in [2.45, 2.75) is 0 Å². The smallest absolute Gasteiger partial charge is 0.0645 e. The van der Waals surface area contributed by atoms with Crippen molar-refractivity contribution in [1.29, 1.82) is 0 Å². The van der Waals surface area contributed by atoms with Crippen LogP contribution in [-0.2, 0) is 0 Å². The first-order valence-corrected chi connectivity index (χ1v) is 15.3. The molecule has 0 radical (unpaired) electrons. The summed E-state index contributed by atoms with van der Waals surface area (Å²) in [5.74, 6) is 0. The molecule has 0 unspecified atom stereocenters. The van der Waals surface area contributed by atoms with Crippen molar-refractivity contribution in [3.05, 3.63) is 188 Å². The number of hydrogen-bond acceptors (Lipinski definition) is 1. The van der Waals surface area contributed by atoms with Crippen LogP contribution >= 0.6 is 0 Å². The van der Waals surface area contributed by atoms with Gasteiger partial charge in [0.2, 0.25) is 0 Å². The highest BCUT2D eigenvalue weighted by molar-refractivity contribution is 6.14. The summed E-state index contributed by atoms with van der Waals surface area (Å²) in [6.07, 6.45) is 0. The van der Waals surface area contributed by atoms with E-state index in [1.807, 2.05) is 103 Å². The third-order valence-electron chi connectivity index (χ3n) is 8.59. The summed E-state index contributed by atoms with van der Waals surface area (Å²) in [6, 6.07) is 32.1. The molecule has 0 amide bonds. The van der Waals surface area contributed by atoms with E-state index < -0.39 is 54.4 Å². The van der Waals surface area contributed by atoms with E-state index in [0.29, 0.717) is 11.1 Å². The van der Waals surface area contributed by atoms with Crippen molar-refractivity contribution in [1.82, 2.24) is 0 Å². The summed E-state index contributed by atoms with van der Waals surface area (Å²) in [5.41, 5.74) is 1.78. The molecule has 0 heterocycles. The average molecular weight is 609 g/mol. The molecule has 0 aromatic heterocycles. The van der Waals surface area contributed by atoms with E-state index in [-0.39, 0.29) is 45.5 Å². The summed E-state index contributed by atoms with van der Waals surface area (Å²) >= 11 is 0. The second-order valence-electron chi connectivity index (χ2n) is 11.3. The molecule has 9 rings (SSSR count). The van der Waals surface area contributed by atoms with E-state index >= 15 is 0 Å². The maximum atomic E-state index is 9.67. The molecule has 0 saturated carbocycles. The maximum absolute atomic E-state index is 9.67. The minimum atomic E-state index is -0.628. The van der Waals surface area contributed by atoms with Crippen LogP contribution < -0.4 is 4.90 Å². The first-order chi connectivity index (χ1) is 27.9. The van der Waals surface area contributed by atoms with Crippen molar-refractivity contribution < 1.29 is 15.1 Å². The van der Waals surface area contributed by atoms with Gasteiger partial charge in [0.25, 0.3) is 0 Å². The van der Waals surface area contributed by atoms with Gasteiger partial charge < -0.3 is 4.90 Å². The van der Waals surface area contributed by atoms with Gasteiger partial charge in [0.15, 0.2) is 0 Å². The number of anilines is 3. The maximum Gasteiger partial charge on any atom is 0.0645 e. The standard InChI is InChI=1S/C46H31N/c1-4-19-39-32(12-1)15-10-24-40(39)35-17-9-18-38(30-35)47(46-25-11-16-33-13-2-6-21-42(33)46)37-28-26-34(27-29-37)45-31-36-14-3-5-20-41(36)43-22-7-8-23-44(43)45/h1-31H/i2D,6D,11D,13D,16D,21D,25D,26D,27D,28D,29D. The van der Waals surface area contributed by atoms with Gasteiger partial charge in [-0.2, -0.15) is 0 Å². The molecule has 0 aliphatic rings. The molecule has 0 N–H and O–H groups in total. The third-order valence-corrected chi connectivity index (χ3v) is 8.59. The Bertz CT molecular complexity index is 3170. The second-order valence-corrected chi connectivity index (χ2v) is 11.3. The lowest BCUT2D eigenvalue weighted by atomic mass is 9.93. The summed E-state index contributed by atoms with van der Waals surface area (Å²) in [4.78, 5) is 1.29. The van der Waals surface area contributed by atoms with Crippen LogP contribution in [0.2, 0.25) is 0 Å². The number of rotatable bonds is 5. The van der Waals surface area contributed by atoms with Crippen molar-refractivity contribution >= 4 is 60.2 Å². The fourth-order valence-corrected chi connectivity index (χ4v) is 6.44. The Morgan fingerprint density at radius 1 is 0.362 bits per heavy atom. The predicted molar refractivity (Wildman–Crippen MR) is 202 cm³/mol. The zero-order valence-electron chi connectivity index (χ0n) is 36.0. The van der Waals surface area contributed by atoms with Crippen molar-refractivity contribution in [3.63, 3.8) is 0 Å². The Hall–Kier alpha value is -6.18. The molecule has 0 saturated heterocycles. The van der Waals surface area contributed by atoms with Crippen molar-refractivity contribution in [2.24, 2.45) is 0 Å². The molecule has 0 spiro atoms. The van der Waals surface area contributed by atoms with Crippen LogP contribution in [0.1, 0.15) is 15.1 Å². The van der Waals surface area contributed by atoms with E-state index in [1.54, 1.807) is 18.2 Å². The van der Waals surface area contributed by atoms with Gasteiger partial charge in [-0.05, 0) is 96.3 Å². The second kappa shape index (κ2) is 11.3. The highest BCUT2D eigenvalue weighted by Crippen LogP contribution is 2.42. The molecule has 0 aliphatic carbocycles. The van der Waals surface area contributed by atoms with Gasteiger partial charge in [-0.1, -0.05) is 151 Å². The Kier molecular flexibility index (Phi) is 4.36. The molecule has 9 aromatic rings. The summed E-state index contributed by atoms with van der Waals surface area (Å²) in [5, 5.41) is 4.80. The number of fused-ring (bicyclic) bond motifs is 5. The Morgan fingerprint density at radius 3 is 1.91 bits per heavy atom. The summed E-state index contributed by atoms with van der Waals surface area (Å²) in [7, 11) is 0. The van der Waals surface area contributed by atoms with Crippen molar-refractivity contribution in [3.8, 4) is 22.3 Å². The highest BCUT2D eigenvalue weighted by Gasteiger charge is 2.17. The predicted octanol–water partition coefficient (Wildman–Crippen LogP) is 13.1. The van der Waals surface area contributed by atoms with Crippen LogP contribution in [0.5, 0.6) is 0 Å². The van der Waals surface area contributed by atoms with Gasteiger partial charge in [0, 0.05) is 16.8 Å². The van der Waals surface area contributed by atoms with Crippen LogP contribution in [0.3, 0.4) is 0 Å². The van der Waals surface area contributed by atoms with Crippen LogP contribution in [0.4, 0.5) is 17.1 Å². The molecule has 0 fully saturated rings. The number of hydrogen-bond donors (Lipinski definition) is 0. The first kappa shape index (κ1) is 18.1. The van der Waals surface area contributed by atoms with E-state index in [1.165, 1.54) is 4.90 Å². The molecule has 0 bridgehead atoms. The van der Waals surface area contributed by atoms with Crippen molar-refractivity contribution in [2.75, 3.05) is 4.90 Å². The summed E-state index contributed by atoms with van der Waals surface area (Å²) in [6.45, 7) is 0. The largest absolute Gasteiger partial charge is 0.310 e. The lowest BCUT2D eigenvalue weighted by Gasteiger charge is -2.27. The average Bonchev–Trinajstić information content (AvgIpc) is 3.25. The number of nitrogens with zero attached hydrogens (tertiary/aromatic N) is 1. The lowest BCUT2D eigenvalue weighted by molar-refractivity contribution is 1.30. The highest BCUT2D eigenvalue weighted by atomic mass is 15.1. The molecule has 0 aliphatic heterocycles. The Balaban J connectivity index is 1.40. The fourth-order valence-electron chi connectivity index (χ4n) is 6.44. The van der Waals surface area contributed by atoms with Crippen LogP contribution in [-0.4, -0.2) is 0 Å². The zero-order valence-corrected chi connectivity index (χ0v) is 25.0. The topological polar surface area (TPSA) is 3.24 Å². The van der Waals surface area contributed by atoms with Gasteiger partial charge in [0.1, 0.15) is 0 Å². The minimum absolute atomic E-state index is 0.0609. The van der Waals surface area contributed by atoms with Gasteiger partial charge in [-0.3, -0.25) is 0 Å². The lowest BCUT2D eigenvalue weighted by Crippen LogP contribution is -2.10. The molecule has 1 nitrogen and oxygen atoms in total. The monoisotopic (exact) mass is 608 g/mol. The fraction of sp³-hybridized carbons (Fsp3) is 0. The Labute approximate surface area is 290 Å². The molecule has 1 heteroatoms. The SMILES string of the molecule is [2H]c1c([2H])c(N(c2cccc(-c3cccc4ccccc34)c2)c2c([2H])c([2H])c([2H])c3c([2H])c([2H])c([2H])c([2H])c23)c([2H])c([2H])c1-c1cc2ccccc2c2ccccc12. The van der Waals surface area contributed by atoms with Gasteiger partial charge in [-0.15, -0.1) is 0 Å². The van der Waals surface area contributed by atoms with Crippen LogP contribution in [0, 0.1) is 0 Å². The summed E-state index contributed by atoms with van der Waals surface area (Å²) < 4.78 is 100. The molecule has 0 atom stereocenters. The molecule has 9 aromatic carbocycles. The van der Waals surface area contributed by atoms with E-state index in [2.05, 4.69) is 0 Å². The molecular formula is C46H31N. The van der Waals surface area contributed by atoms with Gasteiger partial charge in [0.05, 0.1) is 20.8 Å². The van der Waals surface area contributed by atoms with E-state index in [0.717, 1.165) is 37.9 Å². The van der Waals surface area contributed by atoms with Crippen LogP contribution in [0.25, 0.3) is 65.3 Å². The quantitative estimate of drug-likeness (QED) is 0.176. The zero-order chi connectivity index (χ0) is 40.7. The Morgan fingerprint density at radius 2 is 1.04 bits per heavy atom. The van der Waals surface area contributed by atoms with Crippen LogP contribution in [0.15, 0.2) is 188 Å². The molecule has 220 valence electrons. The van der Waals surface area contributed by atoms with E-state index in [9.17, 15) is 6.85 Å². The van der Waals surface area contributed by atoms with E-state index in [4.69, 9.17) is 8.22 Å². The normalized spacial score (nSPS) is 14.7. The first-order valence-electron chi connectivity index (χ1n) is 20.8. The van der Waals surface area contributed by atoms with Gasteiger partial charge >= 0.3 is 0 Å². The number of benzene rings is 9. The van der Waals surface area contributed by atoms with Gasteiger partial charge in [-0.25, -0.2) is 0 Å². The third kappa shape index (κ3) is 4.72.